The van der Waals surface area contributed by atoms with E-state index < -0.39 is 0 Å². The third-order valence-electron chi connectivity index (χ3n) is 2.45. The van der Waals surface area contributed by atoms with Gasteiger partial charge in [-0.25, -0.2) is 0 Å². The summed E-state index contributed by atoms with van der Waals surface area (Å²) in [5.41, 5.74) is 6.68. The van der Waals surface area contributed by atoms with E-state index in [9.17, 15) is 0 Å². The Bertz CT molecular complexity index is 602. The first-order chi connectivity index (χ1) is 9.20. The van der Waals surface area contributed by atoms with E-state index in [1.807, 2.05) is 18.2 Å². The van der Waals surface area contributed by atoms with E-state index in [0.717, 1.165) is 5.56 Å². The van der Waals surface area contributed by atoms with Crippen LogP contribution in [0.3, 0.4) is 0 Å². The zero-order chi connectivity index (χ0) is 13.7. The average Bonchev–Trinajstić information content (AvgIpc) is 2.46. The number of nitrogens with zero attached hydrogens (tertiary/aromatic N) is 2. The number of hydrogen-bond acceptors (Lipinski definition) is 4. The molecule has 3 N–H and O–H groups in total. The zero-order valence-corrected chi connectivity index (χ0v) is 10.7. The van der Waals surface area contributed by atoms with E-state index in [2.05, 4.69) is 10.1 Å². The second-order valence-electron chi connectivity index (χ2n) is 3.74. The summed E-state index contributed by atoms with van der Waals surface area (Å²) in [5, 5.41) is 12.1. The number of pyridine rings is 1. The van der Waals surface area contributed by atoms with E-state index in [-0.39, 0.29) is 5.84 Å². The summed E-state index contributed by atoms with van der Waals surface area (Å²) in [6.07, 6.45) is 1.52. The number of hydrogen-bond donors (Lipinski definition) is 2. The molecule has 0 radical (unpaired) electrons. The first-order valence-corrected chi connectivity index (χ1v) is 5.88. The number of aromatic nitrogens is 1. The first kappa shape index (κ1) is 13.2. The molecule has 1 heterocycles. The van der Waals surface area contributed by atoms with Crippen LogP contribution in [0.25, 0.3) is 0 Å². The predicted molar refractivity (Wildman–Crippen MR) is 72.5 cm³/mol. The van der Waals surface area contributed by atoms with Crippen molar-refractivity contribution in [2.45, 2.75) is 6.61 Å². The molecule has 0 saturated carbocycles. The number of ether oxygens (including phenoxy) is 1. The Hall–Kier alpha value is -2.27. The van der Waals surface area contributed by atoms with Gasteiger partial charge in [0.25, 0.3) is 0 Å². The maximum atomic E-state index is 8.59. The quantitative estimate of drug-likeness (QED) is 0.389. The van der Waals surface area contributed by atoms with Crippen molar-refractivity contribution >= 4 is 17.4 Å². The molecule has 19 heavy (non-hydrogen) atoms. The van der Waals surface area contributed by atoms with E-state index >= 15 is 0 Å². The van der Waals surface area contributed by atoms with Crippen molar-refractivity contribution in [1.29, 1.82) is 0 Å². The van der Waals surface area contributed by atoms with Crippen molar-refractivity contribution in [2.24, 2.45) is 10.9 Å². The van der Waals surface area contributed by atoms with E-state index in [4.69, 9.17) is 27.3 Å². The van der Waals surface area contributed by atoms with Crippen LogP contribution in [0.15, 0.2) is 47.8 Å². The summed E-state index contributed by atoms with van der Waals surface area (Å²) in [6, 6.07) is 10.7. The molecule has 6 heteroatoms. The number of oxime groups is 1. The van der Waals surface area contributed by atoms with Crippen LogP contribution in [-0.2, 0) is 6.61 Å². The highest BCUT2D eigenvalue weighted by Crippen LogP contribution is 2.18. The molecule has 98 valence electrons. The van der Waals surface area contributed by atoms with Crippen molar-refractivity contribution in [3.63, 3.8) is 0 Å². The van der Waals surface area contributed by atoms with Gasteiger partial charge in [0, 0.05) is 22.8 Å². The van der Waals surface area contributed by atoms with Crippen LogP contribution in [0, 0.1) is 0 Å². The van der Waals surface area contributed by atoms with Gasteiger partial charge in [0.1, 0.15) is 18.1 Å². The Morgan fingerprint density at radius 2 is 2.16 bits per heavy atom. The smallest absolute Gasteiger partial charge is 0.188 e. The van der Waals surface area contributed by atoms with Gasteiger partial charge in [-0.15, -0.1) is 0 Å². The van der Waals surface area contributed by atoms with Crippen LogP contribution in [0.5, 0.6) is 5.75 Å². The summed E-state index contributed by atoms with van der Waals surface area (Å²) in [6.45, 7) is 0.333. The highest BCUT2D eigenvalue weighted by Gasteiger charge is 2.04. The van der Waals surface area contributed by atoms with Crippen molar-refractivity contribution in [1.82, 2.24) is 4.98 Å². The molecular weight excluding hydrogens is 266 g/mol. The molecule has 5 nitrogen and oxygen atoms in total. The molecule has 0 atom stereocenters. The molecule has 0 aliphatic heterocycles. The summed E-state index contributed by atoms with van der Waals surface area (Å²) in [7, 11) is 0. The third-order valence-corrected chi connectivity index (χ3v) is 2.82. The van der Waals surface area contributed by atoms with Gasteiger partial charge < -0.3 is 15.7 Å². The van der Waals surface area contributed by atoms with Crippen LogP contribution in [0.2, 0.25) is 5.02 Å². The lowest BCUT2D eigenvalue weighted by molar-refractivity contribution is 0.305. The Balaban J connectivity index is 2.10. The molecule has 2 aromatic rings. The van der Waals surface area contributed by atoms with Crippen molar-refractivity contribution in [3.8, 4) is 5.75 Å². The number of benzene rings is 1. The zero-order valence-electron chi connectivity index (χ0n) is 9.95. The van der Waals surface area contributed by atoms with Crippen LogP contribution < -0.4 is 10.5 Å². The van der Waals surface area contributed by atoms with E-state index in [1.54, 1.807) is 18.2 Å². The Morgan fingerprint density at radius 1 is 1.37 bits per heavy atom. The summed E-state index contributed by atoms with van der Waals surface area (Å²) in [5.74, 6) is 0.500. The second kappa shape index (κ2) is 6.06. The monoisotopic (exact) mass is 277 g/mol. The van der Waals surface area contributed by atoms with Crippen molar-refractivity contribution in [3.05, 3.63) is 58.9 Å². The number of rotatable bonds is 4. The standard InChI is InChI=1S/C13H12ClN3O2/c14-11-4-2-1-3-9(11)8-19-10-5-6-16-12(7-10)13(15)17-18/h1-7,18H,8H2,(H2,15,17). The molecule has 1 aromatic heterocycles. The maximum absolute atomic E-state index is 8.59. The van der Waals surface area contributed by atoms with Crippen molar-refractivity contribution in [2.75, 3.05) is 0 Å². The molecular formula is C13H12ClN3O2. The Morgan fingerprint density at radius 3 is 2.89 bits per heavy atom. The number of nitrogens with two attached hydrogens (primary N) is 1. The molecule has 0 spiro atoms. The minimum Gasteiger partial charge on any atom is -0.489 e. The van der Waals surface area contributed by atoms with Gasteiger partial charge in [-0.05, 0) is 12.1 Å². The molecule has 1 aromatic carbocycles. The second-order valence-corrected chi connectivity index (χ2v) is 4.15. The fourth-order valence-electron chi connectivity index (χ4n) is 1.47. The van der Waals surface area contributed by atoms with Gasteiger partial charge in [0.15, 0.2) is 5.84 Å². The van der Waals surface area contributed by atoms with Crippen LogP contribution in [-0.4, -0.2) is 16.0 Å². The van der Waals surface area contributed by atoms with Gasteiger partial charge >= 0.3 is 0 Å². The van der Waals surface area contributed by atoms with Crippen molar-refractivity contribution < 1.29 is 9.94 Å². The molecule has 0 saturated heterocycles. The Labute approximate surface area is 115 Å². The van der Waals surface area contributed by atoms with Gasteiger partial charge in [0.2, 0.25) is 0 Å². The minimum absolute atomic E-state index is 0.0665. The summed E-state index contributed by atoms with van der Waals surface area (Å²) < 4.78 is 5.59. The van der Waals surface area contributed by atoms with Gasteiger partial charge in [-0.3, -0.25) is 4.98 Å². The van der Waals surface area contributed by atoms with Gasteiger partial charge in [-0.1, -0.05) is 35.0 Å². The van der Waals surface area contributed by atoms with Gasteiger partial charge in [0.05, 0.1) is 0 Å². The molecule has 0 amide bonds. The third kappa shape index (κ3) is 3.35. The maximum Gasteiger partial charge on any atom is 0.188 e. The molecule has 0 bridgehead atoms. The number of amidine groups is 1. The average molecular weight is 278 g/mol. The fourth-order valence-corrected chi connectivity index (χ4v) is 1.66. The normalized spacial score (nSPS) is 11.3. The number of halogens is 1. The predicted octanol–water partition coefficient (Wildman–Crippen LogP) is 2.41. The van der Waals surface area contributed by atoms with E-state index in [0.29, 0.717) is 23.1 Å². The highest BCUT2D eigenvalue weighted by molar-refractivity contribution is 6.31. The largest absolute Gasteiger partial charge is 0.489 e. The molecule has 0 unspecified atom stereocenters. The molecule has 0 aliphatic rings. The minimum atomic E-state index is -0.0665. The van der Waals surface area contributed by atoms with Crippen LogP contribution in [0.4, 0.5) is 0 Å². The molecule has 2 rings (SSSR count). The van der Waals surface area contributed by atoms with Crippen LogP contribution >= 0.6 is 11.6 Å². The SMILES string of the molecule is NC(=NO)c1cc(OCc2ccccc2Cl)ccn1. The molecule has 0 aliphatic carbocycles. The highest BCUT2D eigenvalue weighted by atomic mass is 35.5. The lowest BCUT2D eigenvalue weighted by Crippen LogP contribution is -2.14. The summed E-state index contributed by atoms with van der Waals surface area (Å²) >= 11 is 6.03. The molecule has 0 fully saturated rings. The van der Waals surface area contributed by atoms with Crippen LogP contribution in [0.1, 0.15) is 11.3 Å². The van der Waals surface area contributed by atoms with E-state index in [1.165, 1.54) is 6.20 Å². The van der Waals surface area contributed by atoms with Gasteiger partial charge in [-0.2, -0.15) is 0 Å². The summed E-state index contributed by atoms with van der Waals surface area (Å²) in [4.78, 5) is 3.96. The lowest BCUT2D eigenvalue weighted by Gasteiger charge is -2.08. The fraction of sp³-hybridized carbons (Fsp3) is 0.0769. The topological polar surface area (TPSA) is 80.7 Å². The first-order valence-electron chi connectivity index (χ1n) is 5.51. The lowest BCUT2D eigenvalue weighted by atomic mass is 10.2. The Kier molecular flexibility index (Phi) is 4.20.